The van der Waals surface area contributed by atoms with Gasteiger partial charge >= 0.3 is 0 Å². The molecule has 192 valence electrons. The Bertz CT molecular complexity index is 398. The molecule has 0 aromatic rings. The molecule has 0 radical (unpaired) electrons. The Hall–Kier alpha value is -0.940. The van der Waals surface area contributed by atoms with Crippen molar-refractivity contribution in [1.82, 2.24) is 15.1 Å². The Morgan fingerprint density at radius 2 is 1.34 bits per heavy atom. The highest BCUT2D eigenvalue weighted by Crippen LogP contribution is 2.09. The highest BCUT2D eigenvalue weighted by Gasteiger charge is 2.19. The molecular weight excluding hydrogens is 398 g/mol. The molecule has 0 bridgehead atoms. The molecule has 0 fully saturated rings. The van der Waals surface area contributed by atoms with Gasteiger partial charge in [0.05, 0.1) is 6.04 Å². The number of aldehydes is 1. The van der Waals surface area contributed by atoms with Gasteiger partial charge in [-0.1, -0.05) is 85.5 Å². The third kappa shape index (κ3) is 22.3. The van der Waals surface area contributed by atoms with E-state index in [1.807, 2.05) is 19.0 Å². The molecule has 1 unspecified atom stereocenters. The predicted octanol–water partition coefficient (Wildman–Crippen LogP) is 6.06. The zero-order chi connectivity index (χ0) is 24.5. The highest BCUT2D eigenvalue weighted by atomic mass is 16.2. The van der Waals surface area contributed by atoms with E-state index in [0.717, 1.165) is 77.4 Å². The van der Waals surface area contributed by atoms with Crippen molar-refractivity contribution in [3.05, 3.63) is 0 Å². The number of nitrogens with zero attached hydrogens (tertiary/aromatic N) is 2. The van der Waals surface area contributed by atoms with Crippen LogP contribution in [0.25, 0.3) is 0 Å². The van der Waals surface area contributed by atoms with Crippen LogP contribution in [0.3, 0.4) is 0 Å². The summed E-state index contributed by atoms with van der Waals surface area (Å²) in [6.07, 6.45) is 17.7. The topological polar surface area (TPSA) is 52.7 Å². The first-order valence-corrected chi connectivity index (χ1v) is 13.6. The van der Waals surface area contributed by atoms with Crippen molar-refractivity contribution in [1.29, 1.82) is 0 Å². The number of rotatable bonds is 21. The number of carbonyl (C=O) groups is 2. The first-order chi connectivity index (χ1) is 15.5. The van der Waals surface area contributed by atoms with Gasteiger partial charge in [0.2, 0.25) is 5.91 Å². The number of hydrogen-bond acceptors (Lipinski definition) is 4. The van der Waals surface area contributed by atoms with Crippen molar-refractivity contribution in [2.45, 2.75) is 124 Å². The fraction of sp³-hybridized carbons (Fsp3) is 0.926. The lowest BCUT2D eigenvalue weighted by molar-refractivity contribution is -0.125. The average Bonchev–Trinajstić information content (AvgIpc) is 2.78. The van der Waals surface area contributed by atoms with Crippen LogP contribution in [0.1, 0.15) is 118 Å². The van der Waals surface area contributed by atoms with Gasteiger partial charge in [0.15, 0.2) is 0 Å². The first kappa shape index (κ1) is 33.2. The molecule has 32 heavy (non-hydrogen) atoms. The molecule has 0 saturated carbocycles. The number of hydrogen-bond donors (Lipinski definition) is 1. The molecule has 0 aromatic heterocycles. The predicted molar refractivity (Wildman–Crippen MR) is 140 cm³/mol. The van der Waals surface area contributed by atoms with E-state index in [2.05, 4.69) is 37.9 Å². The number of likely N-dealkylation sites (N-methyl/N-ethyl adjacent to an activating group) is 1. The van der Waals surface area contributed by atoms with E-state index >= 15 is 0 Å². The van der Waals surface area contributed by atoms with E-state index in [4.69, 9.17) is 0 Å². The van der Waals surface area contributed by atoms with Crippen molar-refractivity contribution in [3.8, 4) is 0 Å². The summed E-state index contributed by atoms with van der Waals surface area (Å²) in [6.45, 7) is 13.0. The van der Waals surface area contributed by atoms with Crippen LogP contribution in [0, 0.1) is 0 Å². The Morgan fingerprint density at radius 1 is 0.781 bits per heavy atom. The summed E-state index contributed by atoms with van der Waals surface area (Å²) >= 11 is 0. The van der Waals surface area contributed by atoms with Crippen LogP contribution in [0.2, 0.25) is 0 Å². The molecule has 0 rings (SSSR count). The first-order valence-electron chi connectivity index (χ1n) is 13.6. The van der Waals surface area contributed by atoms with E-state index < -0.39 is 0 Å². The van der Waals surface area contributed by atoms with Gasteiger partial charge in [0.1, 0.15) is 6.29 Å². The largest absolute Gasteiger partial charge is 0.355 e. The van der Waals surface area contributed by atoms with Gasteiger partial charge < -0.3 is 15.0 Å². The molecule has 0 saturated heterocycles. The van der Waals surface area contributed by atoms with Gasteiger partial charge in [0.25, 0.3) is 0 Å². The summed E-state index contributed by atoms with van der Waals surface area (Å²) in [5.74, 6) is 0.186. The van der Waals surface area contributed by atoms with Gasteiger partial charge in [-0.05, 0) is 59.4 Å². The maximum Gasteiger partial charge on any atom is 0.237 e. The monoisotopic (exact) mass is 455 g/mol. The normalized spacial score (nSPS) is 11.9. The lowest BCUT2D eigenvalue weighted by Gasteiger charge is -2.23. The summed E-state index contributed by atoms with van der Waals surface area (Å²) in [5.41, 5.74) is 0. The van der Waals surface area contributed by atoms with Crippen LogP contribution < -0.4 is 5.32 Å². The molecule has 0 aliphatic rings. The molecule has 1 amide bonds. The molecule has 0 aliphatic heterocycles. The van der Waals surface area contributed by atoms with E-state index in [9.17, 15) is 9.59 Å². The van der Waals surface area contributed by atoms with E-state index in [0.29, 0.717) is 0 Å². The second-order valence-corrected chi connectivity index (χ2v) is 9.08. The number of amides is 1. The van der Waals surface area contributed by atoms with Crippen molar-refractivity contribution < 1.29 is 9.59 Å². The Balaban J connectivity index is 0. The number of carbonyl (C=O) groups excluding carboxylic acids is 2. The molecule has 0 heterocycles. The minimum Gasteiger partial charge on any atom is -0.355 e. The van der Waals surface area contributed by atoms with Crippen LogP contribution in [-0.4, -0.2) is 68.3 Å². The Morgan fingerprint density at radius 3 is 1.84 bits per heavy atom. The third-order valence-corrected chi connectivity index (χ3v) is 6.03. The van der Waals surface area contributed by atoms with Gasteiger partial charge in [-0.25, -0.2) is 0 Å². The highest BCUT2D eigenvalue weighted by molar-refractivity contribution is 5.81. The van der Waals surface area contributed by atoms with Crippen LogP contribution in [0.4, 0.5) is 0 Å². The smallest absolute Gasteiger partial charge is 0.237 e. The zero-order valence-electron chi connectivity index (χ0n) is 22.6. The van der Waals surface area contributed by atoms with E-state index in [1.54, 1.807) is 0 Å². The summed E-state index contributed by atoms with van der Waals surface area (Å²) in [5, 5.41) is 3.08. The maximum absolute atomic E-state index is 12.1. The summed E-state index contributed by atoms with van der Waals surface area (Å²) in [4.78, 5) is 26.6. The Labute approximate surface area is 201 Å². The summed E-state index contributed by atoms with van der Waals surface area (Å²) in [6, 6.07) is 0.0257. The molecule has 5 heteroatoms. The lowest BCUT2D eigenvalue weighted by Crippen LogP contribution is -2.43. The van der Waals surface area contributed by atoms with E-state index in [1.165, 1.54) is 44.9 Å². The van der Waals surface area contributed by atoms with Crippen molar-refractivity contribution in [2.24, 2.45) is 0 Å². The van der Waals surface area contributed by atoms with Crippen molar-refractivity contribution in [3.63, 3.8) is 0 Å². The average molecular weight is 456 g/mol. The fourth-order valence-corrected chi connectivity index (χ4v) is 3.71. The van der Waals surface area contributed by atoms with Gasteiger partial charge in [-0.2, -0.15) is 0 Å². The Kier molecular flexibility index (Phi) is 27.3. The maximum atomic E-state index is 12.1. The SMILES string of the molecule is CCCCC(C(=O)NCCCCN(CC)CC)N(C)C.CCCCCCCCCCC=O. The standard InChI is InChI=1S/C16H35N3O.C11H22O/c1-6-9-12-15(18(4)5)16(20)17-13-10-11-14-19(7-2)8-3;1-2-3-4-5-6-7-8-9-10-11-12/h15H,6-14H2,1-5H3,(H,17,20);11H,2-10H2,1H3. The second-order valence-electron chi connectivity index (χ2n) is 9.08. The van der Waals surface area contributed by atoms with Crippen LogP contribution in [0.5, 0.6) is 0 Å². The minimum absolute atomic E-state index is 0.0257. The fourth-order valence-electron chi connectivity index (χ4n) is 3.71. The van der Waals surface area contributed by atoms with Crippen molar-refractivity contribution >= 4 is 12.2 Å². The second kappa shape index (κ2) is 26.3. The molecule has 1 N–H and O–H groups in total. The summed E-state index contributed by atoms with van der Waals surface area (Å²) < 4.78 is 0. The number of nitrogens with one attached hydrogen (secondary N) is 1. The molecule has 0 aromatic carbocycles. The van der Waals surface area contributed by atoms with Gasteiger partial charge in [-0.3, -0.25) is 9.69 Å². The quantitative estimate of drug-likeness (QED) is 0.169. The zero-order valence-corrected chi connectivity index (χ0v) is 22.6. The molecular formula is C27H57N3O2. The van der Waals surface area contributed by atoms with Gasteiger partial charge in [-0.15, -0.1) is 0 Å². The molecule has 5 nitrogen and oxygen atoms in total. The van der Waals surface area contributed by atoms with Crippen LogP contribution in [0.15, 0.2) is 0 Å². The lowest BCUT2D eigenvalue weighted by atomic mass is 10.1. The van der Waals surface area contributed by atoms with Crippen LogP contribution in [-0.2, 0) is 9.59 Å². The molecule has 0 aliphatic carbocycles. The van der Waals surface area contributed by atoms with Crippen LogP contribution >= 0.6 is 0 Å². The third-order valence-electron chi connectivity index (χ3n) is 6.03. The van der Waals surface area contributed by atoms with E-state index in [-0.39, 0.29) is 11.9 Å². The number of unbranched alkanes of at least 4 members (excludes halogenated alkanes) is 10. The summed E-state index contributed by atoms with van der Waals surface area (Å²) in [7, 11) is 3.97. The minimum atomic E-state index is 0.0257. The van der Waals surface area contributed by atoms with Gasteiger partial charge in [0, 0.05) is 13.0 Å². The molecule has 1 atom stereocenters. The molecule has 0 spiro atoms. The van der Waals surface area contributed by atoms with Crippen molar-refractivity contribution in [2.75, 3.05) is 40.3 Å².